The predicted octanol–water partition coefficient (Wildman–Crippen LogP) is -0.363. The highest BCUT2D eigenvalue weighted by molar-refractivity contribution is 7.80. The van der Waals surface area contributed by atoms with Crippen molar-refractivity contribution in [1.82, 2.24) is 20.9 Å². The Labute approximate surface area is 212 Å². The van der Waals surface area contributed by atoms with Crippen LogP contribution in [0.5, 0.6) is 0 Å². The van der Waals surface area contributed by atoms with E-state index in [4.69, 9.17) is 10.8 Å². The quantitative estimate of drug-likeness (QED) is 0.163. The first kappa shape index (κ1) is 28.7. The molecule has 0 radical (unpaired) electrons. The van der Waals surface area contributed by atoms with Crippen LogP contribution in [-0.4, -0.2) is 74.8 Å². The Hall–Kier alpha value is -3.58. The molecule has 4 atom stereocenters. The Morgan fingerprint density at radius 3 is 2.19 bits per heavy atom. The molecule has 0 aliphatic rings. The number of aliphatic carboxylic acids is 2. The van der Waals surface area contributed by atoms with Crippen LogP contribution in [0.4, 0.5) is 0 Å². The standard InChI is InChI=1S/C23H31N5O7S/c1-11(2)19(28-20(31)14(24)8-18(29)30)22(33)26-16(21(32)27-17(10-36)23(34)35)7-12-9-25-15-6-4-3-5-13(12)15/h3-6,9,11,14,16-17,19,25,36H,7-8,10,24H2,1-2H3,(H,26,33)(H,27,32)(H,28,31)(H,29,30)(H,34,35). The largest absolute Gasteiger partial charge is 0.481 e. The third-order valence-corrected chi connectivity index (χ3v) is 5.87. The number of nitrogens with two attached hydrogens (primary N) is 1. The maximum atomic E-state index is 13.2. The number of rotatable bonds is 13. The molecule has 4 unspecified atom stereocenters. The number of thiol groups is 1. The van der Waals surface area contributed by atoms with Gasteiger partial charge >= 0.3 is 11.9 Å². The lowest BCUT2D eigenvalue weighted by Gasteiger charge is -2.26. The molecule has 12 nitrogen and oxygen atoms in total. The van der Waals surface area contributed by atoms with Crippen molar-refractivity contribution < 1.29 is 34.2 Å². The smallest absolute Gasteiger partial charge is 0.327 e. The Morgan fingerprint density at radius 1 is 0.972 bits per heavy atom. The molecule has 0 saturated carbocycles. The number of nitrogens with one attached hydrogen (secondary N) is 4. The number of amides is 3. The van der Waals surface area contributed by atoms with Crippen LogP contribution in [0.2, 0.25) is 0 Å². The van der Waals surface area contributed by atoms with Gasteiger partial charge in [0.1, 0.15) is 18.1 Å². The number of fused-ring (bicyclic) bond motifs is 1. The first-order valence-corrected chi connectivity index (χ1v) is 11.8. The van der Waals surface area contributed by atoms with E-state index in [9.17, 15) is 29.1 Å². The summed E-state index contributed by atoms with van der Waals surface area (Å²) in [5.74, 6) is -5.44. The fourth-order valence-electron chi connectivity index (χ4n) is 3.53. The summed E-state index contributed by atoms with van der Waals surface area (Å²) in [6, 6.07) is 2.38. The highest BCUT2D eigenvalue weighted by Gasteiger charge is 2.32. The van der Waals surface area contributed by atoms with Crippen molar-refractivity contribution in [3.8, 4) is 0 Å². The van der Waals surface area contributed by atoms with Crippen LogP contribution >= 0.6 is 12.6 Å². The van der Waals surface area contributed by atoms with E-state index in [1.54, 1.807) is 20.0 Å². The van der Waals surface area contributed by atoms with E-state index in [-0.39, 0.29) is 12.2 Å². The number of hydrogen-bond donors (Lipinski definition) is 8. The lowest BCUT2D eigenvalue weighted by Crippen LogP contribution is -2.59. The van der Waals surface area contributed by atoms with Crippen LogP contribution < -0.4 is 21.7 Å². The van der Waals surface area contributed by atoms with Gasteiger partial charge in [-0.05, 0) is 17.5 Å². The second-order valence-electron chi connectivity index (χ2n) is 8.64. The number of benzene rings is 1. The molecule has 0 bridgehead atoms. The van der Waals surface area contributed by atoms with E-state index in [1.165, 1.54) is 0 Å². The van der Waals surface area contributed by atoms with Gasteiger partial charge in [-0.3, -0.25) is 19.2 Å². The van der Waals surface area contributed by atoms with Crippen LogP contribution in [0.3, 0.4) is 0 Å². The predicted molar refractivity (Wildman–Crippen MR) is 134 cm³/mol. The first-order chi connectivity index (χ1) is 16.9. The van der Waals surface area contributed by atoms with Crippen LogP contribution in [0.15, 0.2) is 30.5 Å². The molecule has 1 aromatic heterocycles. The lowest BCUT2D eigenvalue weighted by atomic mass is 10.00. The summed E-state index contributed by atoms with van der Waals surface area (Å²) in [5, 5.41) is 26.4. The number of hydrogen-bond acceptors (Lipinski definition) is 7. The van der Waals surface area contributed by atoms with Gasteiger partial charge in [0.25, 0.3) is 0 Å². The van der Waals surface area contributed by atoms with Gasteiger partial charge in [-0.1, -0.05) is 32.0 Å². The van der Waals surface area contributed by atoms with Crippen molar-refractivity contribution in [3.05, 3.63) is 36.0 Å². The van der Waals surface area contributed by atoms with Gasteiger partial charge < -0.3 is 36.9 Å². The zero-order chi connectivity index (χ0) is 27.0. The first-order valence-electron chi connectivity index (χ1n) is 11.2. The molecule has 0 aliphatic carbocycles. The third kappa shape index (κ3) is 7.71. The monoisotopic (exact) mass is 521 g/mol. The molecule has 36 heavy (non-hydrogen) atoms. The van der Waals surface area contributed by atoms with Gasteiger partial charge in [0.15, 0.2) is 0 Å². The second-order valence-corrected chi connectivity index (χ2v) is 9.01. The summed E-state index contributed by atoms with van der Waals surface area (Å²) in [5.41, 5.74) is 7.12. The summed E-state index contributed by atoms with van der Waals surface area (Å²) in [7, 11) is 0. The van der Waals surface area contributed by atoms with Gasteiger partial charge in [0.05, 0.1) is 12.5 Å². The number of para-hydroxylation sites is 1. The Balaban J connectivity index is 2.28. The highest BCUT2D eigenvalue weighted by Crippen LogP contribution is 2.19. The minimum absolute atomic E-state index is 0.0256. The van der Waals surface area contributed by atoms with Crippen molar-refractivity contribution in [2.24, 2.45) is 11.7 Å². The summed E-state index contributed by atoms with van der Waals surface area (Å²) >= 11 is 3.96. The molecule has 0 spiro atoms. The molecule has 196 valence electrons. The lowest BCUT2D eigenvalue weighted by molar-refractivity contribution is -0.141. The number of carbonyl (C=O) groups is 5. The van der Waals surface area contributed by atoms with Crippen LogP contribution in [0.25, 0.3) is 10.9 Å². The number of aromatic amines is 1. The molecule has 2 rings (SSSR count). The summed E-state index contributed by atoms with van der Waals surface area (Å²) in [6.45, 7) is 3.31. The number of H-pyrrole nitrogens is 1. The van der Waals surface area contributed by atoms with Crippen LogP contribution in [-0.2, 0) is 30.4 Å². The summed E-state index contributed by atoms with van der Waals surface area (Å²) in [4.78, 5) is 63.9. The molecular weight excluding hydrogens is 490 g/mol. The van der Waals surface area contributed by atoms with E-state index in [2.05, 4.69) is 33.6 Å². The Morgan fingerprint density at radius 2 is 1.61 bits per heavy atom. The number of carbonyl (C=O) groups excluding carboxylic acids is 3. The fourth-order valence-corrected chi connectivity index (χ4v) is 3.77. The summed E-state index contributed by atoms with van der Waals surface area (Å²) in [6.07, 6.45) is 1.10. The van der Waals surface area contributed by atoms with Gasteiger partial charge in [-0.25, -0.2) is 4.79 Å². The minimum Gasteiger partial charge on any atom is -0.481 e. The fraction of sp³-hybridized carbons (Fsp3) is 0.435. The van der Waals surface area contributed by atoms with Gasteiger partial charge in [-0.2, -0.15) is 12.6 Å². The maximum absolute atomic E-state index is 13.2. The van der Waals surface area contributed by atoms with Gasteiger partial charge in [-0.15, -0.1) is 0 Å². The average Bonchev–Trinajstić information content (AvgIpc) is 3.22. The van der Waals surface area contributed by atoms with E-state index in [0.29, 0.717) is 5.56 Å². The van der Waals surface area contributed by atoms with Crippen LogP contribution in [0, 0.1) is 5.92 Å². The summed E-state index contributed by atoms with van der Waals surface area (Å²) < 4.78 is 0. The van der Waals surface area contributed by atoms with E-state index >= 15 is 0 Å². The van der Waals surface area contributed by atoms with Crippen molar-refractivity contribution >= 4 is 53.2 Å². The Bertz CT molecular complexity index is 1120. The molecule has 2 aromatic rings. The highest BCUT2D eigenvalue weighted by atomic mass is 32.1. The van der Waals surface area contributed by atoms with Gasteiger partial charge in [0, 0.05) is 29.3 Å². The van der Waals surface area contributed by atoms with Crippen molar-refractivity contribution in [3.63, 3.8) is 0 Å². The molecular formula is C23H31N5O7S. The van der Waals surface area contributed by atoms with Crippen molar-refractivity contribution in [1.29, 1.82) is 0 Å². The van der Waals surface area contributed by atoms with Crippen molar-refractivity contribution in [2.45, 2.75) is 50.9 Å². The molecule has 8 N–H and O–H groups in total. The molecule has 1 aromatic carbocycles. The maximum Gasteiger partial charge on any atom is 0.327 e. The minimum atomic E-state index is -1.37. The topological polar surface area (TPSA) is 204 Å². The third-order valence-electron chi connectivity index (χ3n) is 5.51. The average molecular weight is 522 g/mol. The number of aromatic nitrogens is 1. The van der Waals surface area contributed by atoms with Gasteiger partial charge in [0.2, 0.25) is 17.7 Å². The zero-order valence-electron chi connectivity index (χ0n) is 19.9. The number of carboxylic acids is 2. The normalized spacial score (nSPS) is 14.5. The van der Waals surface area contributed by atoms with Crippen LogP contribution in [0.1, 0.15) is 25.8 Å². The van der Waals surface area contributed by atoms with E-state index < -0.39 is 66.2 Å². The molecule has 3 amide bonds. The van der Waals surface area contributed by atoms with E-state index in [0.717, 1.165) is 10.9 Å². The van der Waals surface area contributed by atoms with E-state index in [1.807, 2.05) is 24.3 Å². The second kappa shape index (κ2) is 12.9. The molecule has 0 saturated heterocycles. The molecule has 0 aliphatic heterocycles. The zero-order valence-corrected chi connectivity index (χ0v) is 20.7. The van der Waals surface area contributed by atoms with Crippen molar-refractivity contribution in [2.75, 3.05) is 5.75 Å². The Kier molecular flexibility index (Phi) is 10.3. The molecule has 1 heterocycles. The SMILES string of the molecule is CC(C)C(NC(=O)C(N)CC(=O)O)C(=O)NC(Cc1c[nH]c2ccccc12)C(=O)NC(CS)C(=O)O. The molecule has 13 heteroatoms. The number of carboxylic acid groups (broad SMARTS) is 2. The molecule has 0 fully saturated rings.